The number of ketones is 1. The van der Waals surface area contributed by atoms with E-state index in [2.05, 4.69) is 31.1 Å². The van der Waals surface area contributed by atoms with E-state index in [1.54, 1.807) is 24.3 Å². The van der Waals surface area contributed by atoms with Crippen LogP contribution in [0, 0.1) is 0 Å². The van der Waals surface area contributed by atoms with Crippen molar-refractivity contribution in [2.45, 2.75) is 46.1 Å². The Labute approximate surface area is 159 Å². The molecule has 0 saturated heterocycles. The van der Waals surface area contributed by atoms with Gasteiger partial charge in [-0.05, 0) is 30.0 Å². The van der Waals surface area contributed by atoms with E-state index in [0.29, 0.717) is 5.56 Å². The van der Waals surface area contributed by atoms with Crippen molar-refractivity contribution in [1.82, 2.24) is 4.98 Å². The van der Waals surface area contributed by atoms with Crippen LogP contribution in [0.2, 0.25) is 0 Å². The monoisotopic (exact) mass is 368 g/mol. The Hall–Kier alpha value is -3.02. The van der Waals surface area contributed by atoms with E-state index in [4.69, 9.17) is 4.74 Å². The molecule has 6 heteroatoms. The van der Waals surface area contributed by atoms with Gasteiger partial charge in [-0.2, -0.15) is 0 Å². The van der Waals surface area contributed by atoms with E-state index in [0.717, 1.165) is 5.56 Å². The molecule has 1 unspecified atom stereocenters. The van der Waals surface area contributed by atoms with E-state index in [1.807, 2.05) is 12.1 Å². The van der Waals surface area contributed by atoms with Crippen LogP contribution in [0.25, 0.3) is 0 Å². The molecule has 0 fully saturated rings. The molecule has 1 N–H and O–H groups in total. The van der Waals surface area contributed by atoms with Gasteiger partial charge in [-0.25, -0.2) is 9.78 Å². The third kappa shape index (κ3) is 5.48. The maximum Gasteiger partial charge on any atom is 0.357 e. The molecule has 1 heterocycles. The zero-order chi connectivity index (χ0) is 20.2. The van der Waals surface area contributed by atoms with Gasteiger partial charge < -0.3 is 10.1 Å². The van der Waals surface area contributed by atoms with Gasteiger partial charge in [-0.3, -0.25) is 9.59 Å². The largest absolute Gasteiger partial charge is 0.450 e. The third-order valence-electron chi connectivity index (χ3n) is 3.95. The first kappa shape index (κ1) is 20.3. The molecule has 27 heavy (non-hydrogen) atoms. The van der Waals surface area contributed by atoms with Crippen LogP contribution in [0.4, 0.5) is 5.82 Å². The normalized spacial score (nSPS) is 12.2. The molecule has 0 spiro atoms. The summed E-state index contributed by atoms with van der Waals surface area (Å²) < 4.78 is 5.25. The summed E-state index contributed by atoms with van der Waals surface area (Å²) in [6.45, 7) is 9.15. The molecule has 1 aromatic heterocycles. The van der Waals surface area contributed by atoms with Crippen LogP contribution in [0.15, 0.2) is 42.5 Å². The number of nitrogens with zero attached hydrogens (tertiary/aromatic N) is 1. The highest BCUT2D eigenvalue weighted by Gasteiger charge is 2.22. The molecule has 0 saturated carbocycles. The van der Waals surface area contributed by atoms with Crippen LogP contribution in [-0.4, -0.2) is 28.7 Å². The lowest BCUT2D eigenvalue weighted by molar-refractivity contribution is -0.114. The molecular formula is C21H24N2O4. The molecule has 2 rings (SSSR count). The lowest BCUT2D eigenvalue weighted by Crippen LogP contribution is -2.25. The lowest BCUT2D eigenvalue weighted by atomic mass is 9.86. The Morgan fingerprint density at radius 1 is 1.04 bits per heavy atom. The average Bonchev–Trinajstić information content (AvgIpc) is 2.60. The Kier molecular flexibility index (Phi) is 6.10. The zero-order valence-corrected chi connectivity index (χ0v) is 16.2. The average molecular weight is 368 g/mol. The summed E-state index contributed by atoms with van der Waals surface area (Å²) in [4.78, 5) is 39.9. The summed E-state index contributed by atoms with van der Waals surface area (Å²) >= 11 is 0. The van der Waals surface area contributed by atoms with Crippen molar-refractivity contribution in [3.63, 3.8) is 0 Å². The maximum atomic E-state index is 12.5. The van der Waals surface area contributed by atoms with E-state index in [1.165, 1.54) is 19.9 Å². The first-order chi connectivity index (χ1) is 12.6. The van der Waals surface area contributed by atoms with Crippen molar-refractivity contribution in [2.75, 3.05) is 5.32 Å². The van der Waals surface area contributed by atoms with Crippen molar-refractivity contribution < 1.29 is 19.1 Å². The van der Waals surface area contributed by atoms with E-state index >= 15 is 0 Å². The number of rotatable bonds is 5. The smallest absolute Gasteiger partial charge is 0.357 e. The summed E-state index contributed by atoms with van der Waals surface area (Å²) in [5.74, 6) is -1.07. The number of amides is 1. The van der Waals surface area contributed by atoms with Crippen LogP contribution in [0.5, 0.6) is 0 Å². The van der Waals surface area contributed by atoms with Gasteiger partial charge in [-0.1, -0.05) is 51.1 Å². The summed E-state index contributed by atoms with van der Waals surface area (Å²) in [5.41, 5.74) is 1.60. The molecule has 2 aromatic rings. The van der Waals surface area contributed by atoms with Gasteiger partial charge >= 0.3 is 5.97 Å². The number of anilines is 1. The number of nitrogens with one attached hydrogen (secondary N) is 1. The fourth-order valence-electron chi connectivity index (χ4n) is 2.44. The highest BCUT2D eigenvalue weighted by atomic mass is 16.5. The number of benzene rings is 1. The Balaban J connectivity index is 2.07. The predicted molar refractivity (Wildman–Crippen MR) is 103 cm³/mol. The van der Waals surface area contributed by atoms with Gasteiger partial charge in [-0.15, -0.1) is 0 Å². The number of Topliss-reactive ketones (excluding diaryl/α,β-unsaturated/α-hetero) is 1. The quantitative estimate of drug-likeness (QED) is 0.641. The number of pyridine rings is 1. The first-order valence-corrected chi connectivity index (χ1v) is 8.68. The van der Waals surface area contributed by atoms with Crippen molar-refractivity contribution in [1.29, 1.82) is 0 Å². The number of aromatic nitrogens is 1. The van der Waals surface area contributed by atoms with Crippen molar-refractivity contribution in [3.05, 3.63) is 59.3 Å². The highest BCUT2D eigenvalue weighted by molar-refractivity contribution is 6.01. The van der Waals surface area contributed by atoms with Crippen molar-refractivity contribution >= 4 is 23.5 Å². The standard InChI is InChI=1S/C21H24N2O4/c1-13(19(25)15-9-11-16(12-10-15)21(3,4)5)27-20(26)17-7-6-8-18(23-17)22-14(2)24/h6-13H,1-5H3,(H,22,23,24). The van der Waals surface area contributed by atoms with Crippen molar-refractivity contribution in [3.8, 4) is 0 Å². The van der Waals surface area contributed by atoms with Gasteiger partial charge in [0.05, 0.1) is 0 Å². The zero-order valence-electron chi connectivity index (χ0n) is 16.2. The number of carbonyl (C=O) groups excluding carboxylic acids is 3. The minimum atomic E-state index is -0.954. The number of carbonyl (C=O) groups is 3. The Bertz CT molecular complexity index is 851. The molecule has 6 nitrogen and oxygen atoms in total. The van der Waals surface area contributed by atoms with E-state index in [-0.39, 0.29) is 28.6 Å². The molecule has 1 atom stereocenters. The molecule has 0 aliphatic rings. The molecule has 142 valence electrons. The number of hydrogen-bond acceptors (Lipinski definition) is 5. The topological polar surface area (TPSA) is 85.4 Å². The van der Waals surface area contributed by atoms with Crippen LogP contribution < -0.4 is 5.32 Å². The molecule has 0 bridgehead atoms. The Morgan fingerprint density at radius 2 is 1.67 bits per heavy atom. The van der Waals surface area contributed by atoms with E-state index in [9.17, 15) is 14.4 Å². The third-order valence-corrected chi connectivity index (χ3v) is 3.95. The summed E-state index contributed by atoms with van der Waals surface area (Å²) in [6.07, 6.45) is -0.954. The van der Waals surface area contributed by atoms with Crippen molar-refractivity contribution in [2.24, 2.45) is 0 Å². The second-order valence-corrected chi connectivity index (χ2v) is 7.33. The summed E-state index contributed by atoms with van der Waals surface area (Å²) in [7, 11) is 0. The number of ether oxygens (including phenoxy) is 1. The van der Waals surface area contributed by atoms with Crippen LogP contribution in [0.1, 0.15) is 61.0 Å². The van der Waals surface area contributed by atoms with Gasteiger partial charge in [0.1, 0.15) is 5.82 Å². The molecule has 0 aliphatic heterocycles. The Morgan fingerprint density at radius 3 is 2.22 bits per heavy atom. The van der Waals surface area contributed by atoms with Gasteiger partial charge in [0, 0.05) is 12.5 Å². The van der Waals surface area contributed by atoms with Gasteiger partial charge in [0.2, 0.25) is 11.7 Å². The SMILES string of the molecule is CC(=O)Nc1cccc(C(=O)OC(C)C(=O)c2ccc(C(C)(C)C)cc2)n1. The summed E-state index contributed by atoms with van der Waals surface area (Å²) in [5, 5.41) is 2.49. The number of hydrogen-bond donors (Lipinski definition) is 1. The second kappa shape index (κ2) is 8.12. The highest BCUT2D eigenvalue weighted by Crippen LogP contribution is 2.22. The molecule has 0 radical (unpaired) electrons. The molecule has 0 aliphatic carbocycles. The van der Waals surface area contributed by atoms with E-state index < -0.39 is 12.1 Å². The molecular weight excluding hydrogens is 344 g/mol. The minimum absolute atomic E-state index is 0.00967. The fourth-order valence-corrected chi connectivity index (χ4v) is 2.44. The minimum Gasteiger partial charge on any atom is -0.450 e. The lowest BCUT2D eigenvalue weighted by Gasteiger charge is -2.19. The van der Waals surface area contributed by atoms with Gasteiger partial charge in [0.25, 0.3) is 0 Å². The maximum absolute atomic E-state index is 12.5. The summed E-state index contributed by atoms with van der Waals surface area (Å²) in [6, 6.07) is 11.9. The molecule has 1 aromatic carbocycles. The van der Waals surface area contributed by atoms with Crippen LogP contribution in [-0.2, 0) is 14.9 Å². The van der Waals surface area contributed by atoms with Crippen LogP contribution >= 0.6 is 0 Å². The van der Waals surface area contributed by atoms with Crippen LogP contribution in [0.3, 0.4) is 0 Å². The second-order valence-electron chi connectivity index (χ2n) is 7.33. The van der Waals surface area contributed by atoms with Gasteiger partial charge in [0.15, 0.2) is 11.8 Å². The predicted octanol–water partition coefficient (Wildman–Crippen LogP) is 3.77. The number of esters is 1. The fraction of sp³-hybridized carbons (Fsp3) is 0.333. The molecule has 1 amide bonds. The first-order valence-electron chi connectivity index (χ1n) is 8.68.